The summed E-state index contributed by atoms with van der Waals surface area (Å²) >= 11 is 0. The van der Waals surface area contributed by atoms with Gasteiger partial charge in [0, 0.05) is 5.41 Å². The molecule has 0 aliphatic carbocycles. The van der Waals surface area contributed by atoms with E-state index in [1.54, 1.807) is 0 Å². The van der Waals surface area contributed by atoms with Gasteiger partial charge in [-0.3, -0.25) is 0 Å². The topological polar surface area (TPSA) is 40.5 Å². The van der Waals surface area contributed by atoms with Gasteiger partial charge in [0.25, 0.3) is 0 Å². The average molecular weight is 411 g/mol. The Bertz CT molecular complexity index is 786. The van der Waals surface area contributed by atoms with Crippen LogP contribution in [0.5, 0.6) is 11.5 Å². The van der Waals surface area contributed by atoms with E-state index < -0.39 is 0 Å². The predicted octanol–water partition coefficient (Wildman–Crippen LogP) is 7.97. The van der Waals surface area contributed by atoms with Crippen molar-refractivity contribution < 1.29 is 10.2 Å². The van der Waals surface area contributed by atoms with Gasteiger partial charge in [-0.2, -0.15) is 0 Å². The summed E-state index contributed by atoms with van der Waals surface area (Å²) in [6.45, 7) is 17.4. The molecule has 0 bridgehead atoms. The molecule has 2 nitrogen and oxygen atoms in total. The standard InChI is InChI=1S/C28H42O2/c1-9-10-11-12-17-28(8,20-13-15-24(29)22(18-20)26(2,3)4)21-14-16-25(30)23(19-21)27(5,6)7/h13-16,18-19,29-30H,9-12,17H2,1-8H3. The summed E-state index contributed by atoms with van der Waals surface area (Å²) in [5.74, 6) is 0.723. The summed E-state index contributed by atoms with van der Waals surface area (Å²) in [6, 6.07) is 12.2. The number of rotatable bonds is 7. The zero-order valence-electron chi connectivity index (χ0n) is 20.4. The van der Waals surface area contributed by atoms with Gasteiger partial charge in [-0.1, -0.05) is 105 Å². The third kappa shape index (κ3) is 5.39. The molecule has 0 amide bonds. The van der Waals surface area contributed by atoms with Gasteiger partial charge in [-0.15, -0.1) is 0 Å². The van der Waals surface area contributed by atoms with E-state index in [9.17, 15) is 10.2 Å². The molecule has 30 heavy (non-hydrogen) atoms. The second-order valence-electron chi connectivity index (χ2n) is 11.1. The molecule has 0 saturated carbocycles. The van der Waals surface area contributed by atoms with Crippen molar-refractivity contribution >= 4 is 0 Å². The SMILES string of the molecule is CCCCCCC(C)(c1ccc(O)c(C(C)(C)C)c1)c1ccc(O)c(C(C)(C)C)c1. The van der Waals surface area contributed by atoms with Crippen molar-refractivity contribution in [3.8, 4) is 11.5 Å². The van der Waals surface area contributed by atoms with Crippen molar-refractivity contribution in [2.24, 2.45) is 0 Å². The third-order valence-corrected chi connectivity index (χ3v) is 6.41. The van der Waals surface area contributed by atoms with Gasteiger partial charge in [-0.05, 0) is 51.6 Å². The smallest absolute Gasteiger partial charge is 0.119 e. The first-order valence-corrected chi connectivity index (χ1v) is 11.5. The van der Waals surface area contributed by atoms with Crippen LogP contribution in [0.4, 0.5) is 0 Å². The van der Waals surface area contributed by atoms with Crippen LogP contribution in [0, 0.1) is 0 Å². The normalized spacial score (nSPS) is 12.9. The molecule has 166 valence electrons. The molecule has 0 unspecified atom stereocenters. The fraction of sp³-hybridized carbons (Fsp3) is 0.571. The van der Waals surface area contributed by atoms with E-state index in [2.05, 4.69) is 79.7 Å². The highest BCUT2D eigenvalue weighted by Gasteiger charge is 2.32. The number of unbranched alkanes of at least 4 members (excludes halogenated alkanes) is 3. The van der Waals surface area contributed by atoms with Crippen LogP contribution in [-0.2, 0) is 16.2 Å². The molecule has 0 aliphatic heterocycles. The fourth-order valence-electron chi connectivity index (χ4n) is 4.32. The van der Waals surface area contributed by atoms with E-state index >= 15 is 0 Å². The second kappa shape index (κ2) is 9.04. The van der Waals surface area contributed by atoms with Crippen LogP contribution in [0.1, 0.15) is 110 Å². The first kappa shape index (κ1) is 24.3. The highest BCUT2D eigenvalue weighted by atomic mass is 16.3. The minimum Gasteiger partial charge on any atom is -0.508 e. The van der Waals surface area contributed by atoms with Crippen molar-refractivity contribution in [3.63, 3.8) is 0 Å². The minimum absolute atomic E-state index is 0.130. The minimum atomic E-state index is -0.185. The molecule has 0 aliphatic rings. The maximum Gasteiger partial charge on any atom is 0.119 e. The highest BCUT2D eigenvalue weighted by molar-refractivity contribution is 5.50. The summed E-state index contributed by atoms with van der Waals surface area (Å²) in [4.78, 5) is 0. The van der Waals surface area contributed by atoms with Crippen LogP contribution in [0.15, 0.2) is 36.4 Å². The first-order chi connectivity index (χ1) is 13.8. The molecular weight excluding hydrogens is 368 g/mol. The van der Waals surface area contributed by atoms with Crippen LogP contribution in [0.3, 0.4) is 0 Å². The highest BCUT2D eigenvalue weighted by Crippen LogP contribution is 2.43. The largest absolute Gasteiger partial charge is 0.508 e. The quantitative estimate of drug-likeness (QED) is 0.454. The van der Waals surface area contributed by atoms with E-state index in [0.717, 1.165) is 24.0 Å². The predicted molar refractivity (Wildman–Crippen MR) is 129 cm³/mol. The van der Waals surface area contributed by atoms with Crippen LogP contribution in [0.25, 0.3) is 0 Å². The van der Waals surface area contributed by atoms with Crippen molar-refractivity contribution in [3.05, 3.63) is 58.7 Å². The number of hydrogen-bond donors (Lipinski definition) is 2. The molecule has 2 aromatic carbocycles. The Hall–Kier alpha value is -1.96. The Morgan fingerprint density at radius 2 is 1.07 bits per heavy atom. The lowest BCUT2D eigenvalue weighted by Gasteiger charge is -2.34. The van der Waals surface area contributed by atoms with Crippen molar-refractivity contribution in [1.29, 1.82) is 0 Å². The molecular formula is C28H42O2. The van der Waals surface area contributed by atoms with E-state index in [1.165, 1.54) is 30.4 Å². The van der Waals surface area contributed by atoms with Gasteiger partial charge in [0.2, 0.25) is 0 Å². The van der Waals surface area contributed by atoms with Crippen molar-refractivity contribution in [2.45, 2.75) is 104 Å². The van der Waals surface area contributed by atoms with Crippen molar-refractivity contribution in [2.75, 3.05) is 0 Å². The monoisotopic (exact) mass is 410 g/mol. The zero-order chi connectivity index (χ0) is 22.7. The summed E-state index contributed by atoms with van der Waals surface area (Å²) in [5, 5.41) is 21.0. The van der Waals surface area contributed by atoms with Crippen LogP contribution < -0.4 is 0 Å². The summed E-state index contributed by atoms with van der Waals surface area (Å²) in [7, 11) is 0. The first-order valence-electron chi connectivity index (χ1n) is 11.5. The van der Waals surface area contributed by atoms with Gasteiger partial charge in [0.15, 0.2) is 0 Å². The molecule has 0 atom stereocenters. The van der Waals surface area contributed by atoms with E-state index in [0.29, 0.717) is 11.5 Å². The number of aromatic hydroxyl groups is 2. The van der Waals surface area contributed by atoms with E-state index in [-0.39, 0.29) is 16.2 Å². The van der Waals surface area contributed by atoms with Crippen LogP contribution >= 0.6 is 0 Å². The Kier molecular flexibility index (Phi) is 7.32. The molecule has 0 fully saturated rings. The molecule has 0 radical (unpaired) electrons. The molecule has 0 heterocycles. The lowest BCUT2D eigenvalue weighted by Crippen LogP contribution is -2.26. The Balaban J connectivity index is 2.63. The van der Waals surface area contributed by atoms with Gasteiger partial charge in [-0.25, -0.2) is 0 Å². The van der Waals surface area contributed by atoms with Gasteiger partial charge >= 0.3 is 0 Å². The third-order valence-electron chi connectivity index (χ3n) is 6.41. The molecule has 0 spiro atoms. The summed E-state index contributed by atoms with van der Waals surface area (Å²) in [6.07, 6.45) is 5.89. The fourth-order valence-corrected chi connectivity index (χ4v) is 4.32. The maximum absolute atomic E-state index is 10.5. The van der Waals surface area contributed by atoms with Gasteiger partial charge < -0.3 is 10.2 Å². The van der Waals surface area contributed by atoms with Gasteiger partial charge in [0.05, 0.1) is 0 Å². The van der Waals surface area contributed by atoms with Crippen molar-refractivity contribution in [1.82, 2.24) is 0 Å². The molecule has 2 N–H and O–H groups in total. The Morgan fingerprint density at radius 1 is 0.633 bits per heavy atom. The van der Waals surface area contributed by atoms with E-state index in [1.807, 2.05) is 12.1 Å². The lowest BCUT2D eigenvalue weighted by atomic mass is 9.70. The Labute approximate surface area is 184 Å². The number of phenolic OH excluding ortho intramolecular Hbond substituents is 2. The molecule has 2 heteroatoms. The molecule has 2 aromatic rings. The molecule has 2 rings (SSSR count). The maximum atomic E-state index is 10.5. The number of phenols is 2. The zero-order valence-corrected chi connectivity index (χ0v) is 20.4. The van der Waals surface area contributed by atoms with Gasteiger partial charge in [0.1, 0.15) is 11.5 Å². The lowest BCUT2D eigenvalue weighted by molar-refractivity contribution is 0.437. The van der Waals surface area contributed by atoms with Crippen LogP contribution in [-0.4, -0.2) is 10.2 Å². The molecule has 0 saturated heterocycles. The molecule has 0 aromatic heterocycles. The number of hydrogen-bond acceptors (Lipinski definition) is 2. The summed E-state index contributed by atoms with van der Waals surface area (Å²) in [5.41, 5.74) is 3.97. The van der Waals surface area contributed by atoms with E-state index in [4.69, 9.17) is 0 Å². The van der Waals surface area contributed by atoms with Crippen LogP contribution in [0.2, 0.25) is 0 Å². The average Bonchev–Trinajstić information content (AvgIpc) is 2.64. The number of benzene rings is 2. The Morgan fingerprint density at radius 3 is 1.43 bits per heavy atom. The summed E-state index contributed by atoms with van der Waals surface area (Å²) < 4.78 is 0. The second-order valence-corrected chi connectivity index (χ2v) is 11.1.